The van der Waals surface area contributed by atoms with Crippen LogP contribution in [0.4, 0.5) is 0 Å². The molecule has 1 aromatic rings. The number of likely N-dealkylation sites (tertiary alicyclic amines) is 1. The Labute approximate surface area is 101 Å². The van der Waals surface area contributed by atoms with Gasteiger partial charge in [-0.05, 0) is 37.4 Å². The van der Waals surface area contributed by atoms with Crippen LogP contribution in [0.5, 0.6) is 5.06 Å². The Morgan fingerprint density at radius 3 is 2.88 bits per heavy atom. The Kier molecular flexibility index (Phi) is 4.63. The Balaban J connectivity index is 1.89. The number of thiophene rings is 1. The van der Waals surface area contributed by atoms with Crippen LogP contribution in [0.15, 0.2) is 11.4 Å². The SMILES string of the molecule is NCCOc1sccc1CN1CCCCC1. The zero-order chi connectivity index (χ0) is 11.2. The van der Waals surface area contributed by atoms with Crippen LogP contribution in [0.3, 0.4) is 0 Å². The molecule has 4 heteroatoms. The maximum absolute atomic E-state index is 5.63. The molecule has 0 saturated carbocycles. The van der Waals surface area contributed by atoms with Gasteiger partial charge in [0.05, 0.1) is 0 Å². The smallest absolute Gasteiger partial charge is 0.178 e. The summed E-state index contributed by atoms with van der Waals surface area (Å²) in [6, 6.07) is 2.17. The van der Waals surface area contributed by atoms with Crippen molar-refractivity contribution in [3.05, 3.63) is 17.0 Å². The molecule has 0 aliphatic carbocycles. The summed E-state index contributed by atoms with van der Waals surface area (Å²) in [6.45, 7) is 4.69. The van der Waals surface area contributed by atoms with E-state index in [-0.39, 0.29) is 0 Å². The summed E-state index contributed by atoms with van der Waals surface area (Å²) in [6.07, 6.45) is 4.06. The van der Waals surface area contributed by atoms with Gasteiger partial charge in [0.1, 0.15) is 6.61 Å². The van der Waals surface area contributed by atoms with E-state index in [0.29, 0.717) is 13.2 Å². The van der Waals surface area contributed by atoms with Crippen molar-refractivity contribution in [2.45, 2.75) is 25.8 Å². The molecule has 0 atom stereocenters. The summed E-state index contributed by atoms with van der Waals surface area (Å²) in [5, 5.41) is 3.15. The van der Waals surface area contributed by atoms with Crippen LogP contribution in [-0.2, 0) is 6.54 Å². The van der Waals surface area contributed by atoms with Crippen LogP contribution in [0, 0.1) is 0 Å². The van der Waals surface area contributed by atoms with Gasteiger partial charge in [-0.25, -0.2) is 0 Å². The van der Waals surface area contributed by atoms with E-state index < -0.39 is 0 Å². The fourth-order valence-electron chi connectivity index (χ4n) is 2.08. The lowest BCUT2D eigenvalue weighted by Gasteiger charge is -2.26. The summed E-state index contributed by atoms with van der Waals surface area (Å²) in [5.41, 5.74) is 6.77. The first kappa shape index (κ1) is 11.9. The maximum Gasteiger partial charge on any atom is 0.178 e. The van der Waals surface area contributed by atoms with Crippen LogP contribution in [0.2, 0.25) is 0 Å². The zero-order valence-corrected chi connectivity index (χ0v) is 10.5. The monoisotopic (exact) mass is 240 g/mol. The van der Waals surface area contributed by atoms with Gasteiger partial charge in [0, 0.05) is 18.7 Å². The molecule has 0 aromatic carbocycles. The molecule has 1 aliphatic heterocycles. The van der Waals surface area contributed by atoms with E-state index in [1.165, 1.54) is 37.9 Å². The summed E-state index contributed by atoms with van der Waals surface area (Å²) in [7, 11) is 0. The first-order chi connectivity index (χ1) is 7.90. The molecule has 0 unspecified atom stereocenters. The molecule has 3 nitrogen and oxygen atoms in total. The maximum atomic E-state index is 5.63. The van der Waals surface area contributed by atoms with Crippen LogP contribution < -0.4 is 10.5 Å². The topological polar surface area (TPSA) is 38.5 Å². The molecule has 1 aromatic heterocycles. The molecule has 0 radical (unpaired) electrons. The largest absolute Gasteiger partial charge is 0.482 e. The summed E-state index contributed by atoms with van der Waals surface area (Å²) >= 11 is 1.67. The minimum atomic E-state index is 0.584. The molecule has 0 bridgehead atoms. The first-order valence-corrected chi connectivity index (χ1v) is 6.89. The number of hydrogen-bond donors (Lipinski definition) is 1. The highest BCUT2D eigenvalue weighted by molar-refractivity contribution is 7.12. The second-order valence-electron chi connectivity index (χ2n) is 4.21. The van der Waals surface area contributed by atoms with Crippen LogP contribution in [0.25, 0.3) is 0 Å². The van der Waals surface area contributed by atoms with E-state index in [0.717, 1.165) is 11.6 Å². The third-order valence-corrected chi connectivity index (χ3v) is 3.77. The number of hydrogen-bond acceptors (Lipinski definition) is 4. The predicted octanol–water partition coefficient (Wildman–Crippen LogP) is 2.07. The van der Waals surface area contributed by atoms with Gasteiger partial charge in [-0.3, -0.25) is 4.90 Å². The van der Waals surface area contributed by atoms with Gasteiger partial charge < -0.3 is 10.5 Å². The van der Waals surface area contributed by atoms with E-state index in [1.807, 2.05) is 0 Å². The number of rotatable bonds is 5. The molecule has 90 valence electrons. The Morgan fingerprint density at radius 1 is 1.31 bits per heavy atom. The second kappa shape index (κ2) is 6.23. The van der Waals surface area contributed by atoms with E-state index in [4.69, 9.17) is 10.5 Å². The summed E-state index contributed by atoms with van der Waals surface area (Å²) in [4.78, 5) is 2.51. The average molecular weight is 240 g/mol. The van der Waals surface area contributed by atoms with Gasteiger partial charge in [-0.2, -0.15) is 0 Å². The van der Waals surface area contributed by atoms with E-state index in [9.17, 15) is 0 Å². The van der Waals surface area contributed by atoms with Gasteiger partial charge in [-0.1, -0.05) is 6.42 Å². The van der Waals surface area contributed by atoms with Gasteiger partial charge in [0.2, 0.25) is 0 Å². The van der Waals surface area contributed by atoms with Crippen molar-refractivity contribution in [3.63, 3.8) is 0 Å². The molecule has 2 heterocycles. The van der Waals surface area contributed by atoms with Crippen molar-refractivity contribution >= 4 is 11.3 Å². The fourth-order valence-corrected chi connectivity index (χ4v) is 2.87. The minimum Gasteiger partial charge on any atom is -0.482 e. The molecular weight excluding hydrogens is 220 g/mol. The van der Waals surface area contributed by atoms with Crippen LogP contribution >= 0.6 is 11.3 Å². The average Bonchev–Trinajstić information content (AvgIpc) is 2.75. The Morgan fingerprint density at radius 2 is 2.12 bits per heavy atom. The molecule has 0 amide bonds. The molecule has 2 N–H and O–H groups in total. The van der Waals surface area contributed by atoms with Crippen molar-refractivity contribution in [3.8, 4) is 5.06 Å². The number of nitrogens with two attached hydrogens (primary N) is 1. The van der Waals surface area contributed by atoms with Crippen molar-refractivity contribution in [1.29, 1.82) is 0 Å². The predicted molar refractivity (Wildman–Crippen MR) is 68.0 cm³/mol. The van der Waals surface area contributed by atoms with Crippen molar-refractivity contribution in [2.24, 2.45) is 5.73 Å². The van der Waals surface area contributed by atoms with Crippen molar-refractivity contribution in [2.75, 3.05) is 26.2 Å². The first-order valence-electron chi connectivity index (χ1n) is 6.02. The Hall–Kier alpha value is -0.580. The number of ether oxygens (including phenoxy) is 1. The molecule has 2 rings (SSSR count). The molecule has 0 spiro atoms. The summed E-state index contributed by atoms with van der Waals surface area (Å²) < 4.78 is 5.63. The highest BCUT2D eigenvalue weighted by Gasteiger charge is 2.13. The zero-order valence-electron chi connectivity index (χ0n) is 9.65. The standard InChI is InChI=1S/C12H20N2OS/c13-5-8-15-12-11(4-9-16-12)10-14-6-2-1-3-7-14/h4,9H,1-3,5-8,10,13H2. The molecule has 16 heavy (non-hydrogen) atoms. The van der Waals surface area contributed by atoms with Crippen molar-refractivity contribution < 1.29 is 4.74 Å². The normalized spacial score (nSPS) is 17.6. The van der Waals surface area contributed by atoms with E-state index >= 15 is 0 Å². The van der Waals surface area contributed by atoms with Gasteiger partial charge in [0.25, 0.3) is 0 Å². The highest BCUT2D eigenvalue weighted by Crippen LogP contribution is 2.28. The highest BCUT2D eigenvalue weighted by atomic mass is 32.1. The van der Waals surface area contributed by atoms with Crippen LogP contribution in [-0.4, -0.2) is 31.1 Å². The molecule has 1 fully saturated rings. The van der Waals surface area contributed by atoms with Crippen LogP contribution in [0.1, 0.15) is 24.8 Å². The fraction of sp³-hybridized carbons (Fsp3) is 0.667. The molecular formula is C12H20N2OS. The van der Waals surface area contributed by atoms with E-state index in [2.05, 4.69) is 16.3 Å². The number of nitrogens with zero attached hydrogens (tertiary/aromatic N) is 1. The minimum absolute atomic E-state index is 0.584. The Bertz CT molecular complexity index is 308. The quantitative estimate of drug-likeness (QED) is 0.856. The third kappa shape index (κ3) is 3.20. The number of piperidine rings is 1. The van der Waals surface area contributed by atoms with Crippen molar-refractivity contribution in [1.82, 2.24) is 4.90 Å². The lowest BCUT2D eigenvalue weighted by Crippen LogP contribution is -2.29. The summed E-state index contributed by atoms with van der Waals surface area (Å²) in [5.74, 6) is 0. The molecule has 1 saturated heterocycles. The lowest BCUT2D eigenvalue weighted by molar-refractivity contribution is 0.217. The van der Waals surface area contributed by atoms with Gasteiger partial charge in [-0.15, -0.1) is 11.3 Å². The van der Waals surface area contributed by atoms with Gasteiger partial charge >= 0.3 is 0 Å². The van der Waals surface area contributed by atoms with E-state index in [1.54, 1.807) is 11.3 Å². The van der Waals surface area contributed by atoms with Gasteiger partial charge in [0.15, 0.2) is 5.06 Å². The lowest BCUT2D eigenvalue weighted by atomic mass is 10.1. The third-order valence-electron chi connectivity index (χ3n) is 2.90. The second-order valence-corrected chi connectivity index (χ2v) is 5.09. The molecule has 1 aliphatic rings.